The van der Waals surface area contributed by atoms with Crippen LogP contribution in [0.2, 0.25) is 0 Å². The Morgan fingerprint density at radius 2 is 1.48 bits per heavy atom. The summed E-state index contributed by atoms with van der Waals surface area (Å²) >= 11 is 0. The van der Waals surface area contributed by atoms with E-state index >= 15 is 0 Å². The maximum absolute atomic E-state index is 13.2. The van der Waals surface area contributed by atoms with E-state index in [1.54, 1.807) is 0 Å². The second-order valence-electron chi connectivity index (χ2n) is 8.99. The number of carbonyl (C=O) groups is 2. The van der Waals surface area contributed by atoms with Crippen LogP contribution in [0.15, 0.2) is 48.5 Å². The second-order valence-corrected chi connectivity index (χ2v) is 8.99. The summed E-state index contributed by atoms with van der Waals surface area (Å²) in [5.74, 6) is -0.675. The van der Waals surface area contributed by atoms with Crippen molar-refractivity contribution in [2.24, 2.45) is 0 Å². The Kier molecular flexibility index (Phi) is 5.17. The fraction of sp³-hybridized carbons (Fsp3) is 0.259. The Balaban J connectivity index is 1.78. The Morgan fingerprint density at radius 3 is 2.21 bits per heavy atom. The molecule has 6 nitrogen and oxygen atoms in total. The van der Waals surface area contributed by atoms with Crippen LogP contribution in [-0.2, 0) is 16.1 Å². The van der Waals surface area contributed by atoms with Crippen molar-refractivity contribution in [1.82, 2.24) is 19.8 Å². The summed E-state index contributed by atoms with van der Waals surface area (Å²) in [4.78, 5) is 31.9. The van der Waals surface area contributed by atoms with Crippen LogP contribution < -0.4 is 5.32 Å². The summed E-state index contributed by atoms with van der Waals surface area (Å²) in [6.07, 6.45) is 0.991. The number of hydrogen-bond donors (Lipinski definition) is 2. The lowest BCUT2D eigenvalue weighted by molar-refractivity contribution is -0.122. The van der Waals surface area contributed by atoms with Crippen LogP contribution in [0, 0.1) is 13.8 Å². The lowest BCUT2D eigenvalue weighted by atomic mass is 9.93. The van der Waals surface area contributed by atoms with Gasteiger partial charge in [-0.05, 0) is 53.0 Å². The molecule has 5 rings (SSSR count). The third-order valence-corrected chi connectivity index (χ3v) is 6.54. The highest BCUT2D eigenvalue weighted by atomic mass is 16.2. The fourth-order valence-corrected chi connectivity index (χ4v) is 5.11. The molecular formula is C27H28N4O2. The lowest BCUT2D eigenvalue weighted by Crippen LogP contribution is -2.23. The number of aromatic nitrogens is 2. The molecule has 0 bridgehead atoms. The molecule has 0 saturated carbocycles. The van der Waals surface area contributed by atoms with Crippen molar-refractivity contribution in [2.75, 3.05) is 20.6 Å². The molecule has 0 spiro atoms. The first-order valence-electron chi connectivity index (χ1n) is 11.3. The second kappa shape index (κ2) is 8.05. The van der Waals surface area contributed by atoms with Crippen molar-refractivity contribution in [3.8, 4) is 0 Å². The van der Waals surface area contributed by atoms with E-state index in [9.17, 15) is 9.59 Å². The zero-order chi connectivity index (χ0) is 23.3. The van der Waals surface area contributed by atoms with Gasteiger partial charge in [-0.2, -0.15) is 0 Å². The third-order valence-electron chi connectivity index (χ3n) is 6.54. The predicted octanol–water partition coefficient (Wildman–Crippen LogP) is 4.26. The molecule has 0 saturated heterocycles. The minimum Gasteiger partial charge on any atom is -0.358 e. The van der Waals surface area contributed by atoms with Crippen LogP contribution in [0.25, 0.3) is 33.0 Å². The normalized spacial score (nSPS) is 14.3. The number of H-pyrrole nitrogens is 1. The molecule has 3 heterocycles. The van der Waals surface area contributed by atoms with Crippen LogP contribution in [0.5, 0.6) is 0 Å². The molecule has 0 fully saturated rings. The highest BCUT2D eigenvalue weighted by molar-refractivity contribution is 6.51. The average Bonchev–Trinajstić information content (AvgIpc) is 3.35. The molecule has 33 heavy (non-hydrogen) atoms. The van der Waals surface area contributed by atoms with Crippen molar-refractivity contribution in [3.05, 3.63) is 71.0 Å². The van der Waals surface area contributed by atoms with Crippen LogP contribution in [-0.4, -0.2) is 46.9 Å². The maximum atomic E-state index is 13.2. The summed E-state index contributed by atoms with van der Waals surface area (Å²) in [5, 5.41) is 4.51. The number of para-hydroxylation sites is 2. The van der Waals surface area contributed by atoms with E-state index in [-0.39, 0.29) is 11.8 Å². The number of nitrogens with zero attached hydrogens (tertiary/aromatic N) is 2. The van der Waals surface area contributed by atoms with Gasteiger partial charge in [-0.1, -0.05) is 36.4 Å². The number of imide groups is 1. The summed E-state index contributed by atoms with van der Waals surface area (Å²) in [6, 6.07) is 16.0. The number of aromatic amines is 1. The van der Waals surface area contributed by atoms with Crippen LogP contribution in [0.4, 0.5) is 0 Å². The van der Waals surface area contributed by atoms with E-state index in [2.05, 4.69) is 39.9 Å². The first kappa shape index (κ1) is 21.2. The van der Waals surface area contributed by atoms with Gasteiger partial charge in [0.05, 0.1) is 11.1 Å². The number of benzene rings is 2. The SMILES string of the molecule is Cc1[nH]c2ccccc2c1C1=C(c2c(C)n(CCCN(C)C)c3ccccc23)C(=O)NC1=O. The van der Waals surface area contributed by atoms with Crippen LogP contribution in [0.1, 0.15) is 28.9 Å². The van der Waals surface area contributed by atoms with Gasteiger partial charge >= 0.3 is 0 Å². The summed E-state index contributed by atoms with van der Waals surface area (Å²) < 4.78 is 2.27. The first-order valence-corrected chi connectivity index (χ1v) is 11.3. The largest absolute Gasteiger partial charge is 0.358 e. The average molecular weight is 441 g/mol. The molecule has 168 valence electrons. The Bertz CT molecular complexity index is 1450. The molecule has 2 N–H and O–H groups in total. The standard InChI is InChI=1S/C27H28N4O2/c1-16-22(18-10-5-7-12-20(18)28-16)24-25(27(33)29-26(24)32)23-17(2)31(15-9-14-30(3)4)21-13-8-6-11-19(21)23/h5-8,10-13,28H,9,14-15H2,1-4H3,(H,29,32,33). The number of nitrogens with one attached hydrogen (secondary N) is 2. The minimum absolute atomic E-state index is 0.334. The van der Waals surface area contributed by atoms with E-state index in [4.69, 9.17) is 0 Å². The van der Waals surface area contributed by atoms with Gasteiger partial charge in [-0.25, -0.2) is 0 Å². The monoisotopic (exact) mass is 440 g/mol. The summed E-state index contributed by atoms with van der Waals surface area (Å²) in [5.41, 5.74) is 6.48. The molecular weight excluding hydrogens is 412 g/mol. The van der Waals surface area contributed by atoms with Gasteiger partial charge in [0.25, 0.3) is 11.8 Å². The smallest absolute Gasteiger partial charge is 0.259 e. The van der Waals surface area contributed by atoms with Gasteiger partial charge < -0.3 is 14.5 Å². The Hall–Kier alpha value is -3.64. The zero-order valence-corrected chi connectivity index (χ0v) is 19.5. The van der Waals surface area contributed by atoms with Gasteiger partial charge in [-0.15, -0.1) is 0 Å². The van der Waals surface area contributed by atoms with Gasteiger partial charge in [0.2, 0.25) is 0 Å². The molecule has 2 aromatic heterocycles. The molecule has 0 radical (unpaired) electrons. The van der Waals surface area contributed by atoms with Gasteiger partial charge in [0.15, 0.2) is 0 Å². The number of fused-ring (bicyclic) bond motifs is 2. The molecule has 2 amide bonds. The predicted molar refractivity (Wildman–Crippen MR) is 133 cm³/mol. The highest BCUT2D eigenvalue weighted by Gasteiger charge is 2.36. The number of aryl methyl sites for hydroxylation is 2. The maximum Gasteiger partial charge on any atom is 0.259 e. The van der Waals surface area contributed by atoms with Crippen LogP contribution >= 0.6 is 0 Å². The quantitative estimate of drug-likeness (QED) is 0.440. The summed E-state index contributed by atoms with van der Waals surface area (Å²) in [6.45, 7) is 5.82. The van der Waals surface area contributed by atoms with Crippen molar-refractivity contribution in [2.45, 2.75) is 26.8 Å². The highest BCUT2D eigenvalue weighted by Crippen LogP contribution is 2.41. The van der Waals surface area contributed by atoms with Crippen molar-refractivity contribution < 1.29 is 9.59 Å². The number of carbonyl (C=O) groups excluding carboxylic acids is 2. The summed E-state index contributed by atoms with van der Waals surface area (Å²) in [7, 11) is 4.14. The number of amides is 2. The molecule has 0 atom stereocenters. The molecule has 0 aliphatic carbocycles. The van der Waals surface area contributed by atoms with E-state index in [1.165, 1.54) is 0 Å². The van der Waals surface area contributed by atoms with E-state index in [0.717, 1.165) is 63.8 Å². The molecule has 1 aliphatic rings. The van der Waals surface area contributed by atoms with Gasteiger partial charge in [-0.3, -0.25) is 14.9 Å². The molecule has 6 heteroatoms. The van der Waals surface area contributed by atoms with Gasteiger partial charge in [0, 0.05) is 50.9 Å². The molecule has 1 aliphatic heterocycles. The first-order chi connectivity index (χ1) is 15.9. The lowest BCUT2D eigenvalue weighted by Gasteiger charge is -2.12. The topological polar surface area (TPSA) is 70.1 Å². The Morgan fingerprint density at radius 1 is 0.848 bits per heavy atom. The molecule has 0 unspecified atom stereocenters. The number of rotatable bonds is 6. The van der Waals surface area contributed by atoms with Crippen molar-refractivity contribution >= 4 is 44.8 Å². The fourth-order valence-electron chi connectivity index (χ4n) is 5.11. The van der Waals surface area contributed by atoms with Crippen molar-refractivity contribution in [3.63, 3.8) is 0 Å². The minimum atomic E-state index is -0.341. The molecule has 2 aromatic carbocycles. The van der Waals surface area contributed by atoms with E-state index < -0.39 is 0 Å². The van der Waals surface area contributed by atoms with Crippen LogP contribution in [0.3, 0.4) is 0 Å². The zero-order valence-electron chi connectivity index (χ0n) is 19.5. The third kappa shape index (κ3) is 3.38. The molecule has 4 aromatic rings. The van der Waals surface area contributed by atoms with E-state index in [1.807, 2.05) is 56.3 Å². The van der Waals surface area contributed by atoms with Gasteiger partial charge in [0.1, 0.15) is 0 Å². The van der Waals surface area contributed by atoms with E-state index in [0.29, 0.717) is 11.1 Å². The van der Waals surface area contributed by atoms with Crippen molar-refractivity contribution in [1.29, 1.82) is 0 Å². The number of hydrogen-bond acceptors (Lipinski definition) is 3. The Labute approximate surface area is 192 Å².